The number of likely N-dealkylation sites (N-methyl/N-ethyl adjacent to an activating group) is 1. The van der Waals surface area contributed by atoms with Crippen molar-refractivity contribution in [3.63, 3.8) is 0 Å². The molecular weight excluding hydrogens is 245 g/mol. The second kappa shape index (κ2) is 5.75. The van der Waals surface area contributed by atoms with Crippen molar-refractivity contribution in [2.45, 2.75) is 26.1 Å². The van der Waals surface area contributed by atoms with Crippen LogP contribution in [0.25, 0.3) is 0 Å². The Hall–Kier alpha value is -1.72. The first-order chi connectivity index (χ1) is 8.34. The maximum absolute atomic E-state index is 12.3. The van der Waals surface area contributed by atoms with Gasteiger partial charge in [-0.05, 0) is 38.1 Å². The van der Waals surface area contributed by atoms with Crippen LogP contribution in [-0.4, -0.2) is 18.5 Å². The van der Waals surface area contributed by atoms with Gasteiger partial charge in [-0.3, -0.25) is 4.79 Å². The van der Waals surface area contributed by atoms with E-state index >= 15 is 0 Å². The van der Waals surface area contributed by atoms with Gasteiger partial charge in [-0.2, -0.15) is 13.2 Å². The van der Waals surface area contributed by atoms with Gasteiger partial charge >= 0.3 is 6.18 Å². The minimum absolute atomic E-state index is 0.197. The molecule has 0 aliphatic heterocycles. The fourth-order valence-corrected chi connectivity index (χ4v) is 1.40. The molecule has 1 amide bonds. The summed E-state index contributed by atoms with van der Waals surface area (Å²) in [7, 11) is 0. The molecule has 0 aliphatic carbocycles. The number of hydrogen-bond donors (Lipinski definition) is 2. The smallest absolute Gasteiger partial charge is 0.374 e. The number of halogens is 3. The number of nitrogens with one attached hydrogen (secondary N) is 2. The summed E-state index contributed by atoms with van der Waals surface area (Å²) in [5, 5.41) is 5.45. The lowest BCUT2D eigenvalue weighted by atomic mass is 10.2. The van der Waals surface area contributed by atoms with Crippen LogP contribution < -0.4 is 10.6 Å². The molecule has 1 aromatic carbocycles. The Balaban J connectivity index is 2.67. The Morgan fingerprint density at radius 3 is 2.28 bits per heavy atom. The standard InChI is InChI=1S/C12H15F3N2O/c1-3-16-11(18)8(2)17-10-6-4-9(5-7-10)12(13,14)15/h4-8,17H,3H2,1-2H3,(H,16,18). The predicted molar refractivity (Wildman–Crippen MR) is 63.2 cm³/mol. The minimum atomic E-state index is -4.34. The molecule has 3 nitrogen and oxygen atoms in total. The molecule has 0 heterocycles. The summed E-state index contributed by atoms with van der Waals surface area (Å²) in [4.78, 5) is 11.4. The molecule has 2 N–H and O–H groups in total. The van der Waals surface area contributed by atoms with Crippen LogP contribution in [0.15, 0.2) is 24.3 Å². The van der Waals surface area contributed by atoms with Crippen molar-refractivity contribution in [1.29, 1.82) is 0 Å². The van der Waals surface area contributed by atoms with E-state index < -0.39 is 17.8 Å². The summed E-state index contributed by atoms with van der Waals surface area (Å²) in [5.74, 6) is -0.197. The fourth-order valence-electron chi connectivity index (χ4n) is 1.40. The summed E-state index contributed by atoms with van der Waals surface area (Å²) in [5.41, 5.74) is -0.236. The van der Waals surface area contributed by atoms with E-state index in [1.807, 2.05) is 0 Å². The van der Waals surface area contributed by atoms with Gasteiger partial charge in [0.15, 0.2) is 0 Å². The summed E-state index contributed by atoms with van der Waals surface area (Å²) in [6.07, 6.45) is -4.34. The fraction of sp³-hybridized carbons (Fsp3) is 0.417. The second-order valence-corrected chi connectivity index (χ2v) is 3.84. The molecule has 0 radical (unpaired) electrons. The van der Waals surface area contributed by atoms with Crippen LogP contribution in [0.4, 0.5) is 18.9 Å². The SMILES string of the molecule is CCNC(=O)C(C)Nc1ccc(C(F)(F)F)cc1. The zero-order chi connectivity index (χ0) is 13.8. The van der Waals surface area contributed by atoms with Gasteiger partial charge in [0.25, 0.3) is 0 Å². The lowest BCUT2D eigenvalue weighted by molar-refractivity contribution is -0.137. The quantitative estimate of drug-likeness (QED) is 0.873. The third kappa shape index (κ3) is 3.94. The van der Waals surface area contributed by atoms with Gasteiger partial charge in [0, 0.05) is 12.2 Å². The first-order valence-electron chi connectivity index (χ1n) is 5.56. The lowest BCUT2D eigenvalue weighted by Gasteiger charge is -2.15. The van der Waals surface area contributed by atoms with E-state index in [-0.39, 0.29) is 5.91 Å². The first-order valence-corrected chi connectivity index (χ1v) is 5.56. The van der Waals surface area contributed by atoms with Crippen LogP contribution >= 0.6 is 0 Å². The Kier molecular flexibility index (Phi) is 4.58. The van der Waals surface area contributed by atoms with Crippen molar-refractivity contribution < 1.29 is 18.0 Å². The van der Waals surface area contributed by atoms with Crippen molar-refractivity contribution in [3.05, 3.63) is 29.8 Å². The minimum Gasteiger partial charge on any atom is -0.374 e. The van der Waals surface area contributed by atoms with Crippen molar-refractivity contribution in [2.75, 3.05) is 11.9 Å². The van der Waals surface area contributed by atoms with Gasteiger partial charge in [-0.25, -0.2) is 0 Å². The number of benzene rings is 1. The third-order valence-electron chi connectivity index (χ3n) is 2.34. The molecule has 1 aromatic rings. The number of carbonyl (C=O) groups is 1. The van der Waals surface area contributed by atoms with E-state index in [0.717, 1.165) is 12.1 Å². The summed E-state index contributed by atoms with van der Waals surface area (Å²) < 4.78 is 37.0. The average molecular weight is 260 g/mol. The number of amides is 1. The topological polar surface area (TPSA) is 41.1 Å². The number of anilines is 1. The first kappa shape index (κ1) is 14.3. The Morgan fingerprint density at radius 1 is 1.28 bits per heavy atom. The molecule has 18 heavy (non-hydrogen) atoms. The maximum Gasteiger partial charge on any atom is 0.416 e. The Bertz CT molecular complexity index is 401. The molecule has 0 bridgehead atoms. The molecule has 0 aromatic heterocycles. The van der Waals surface area contributed by atoms with Gasteiger partial charge in [0.1, 0.15) is 6.04 Å². The molecule has 1 atom stereocenters. The van der Waals surface area contributed by atoms with E-state index in [2.05, 4.69) is 10.6 Å². The van der Waals surface area contributed by atoms with E-state index in [0.29, 0.717) is 12.2 Å². The van der Waals surface area contributed by atoms with Crippen molar-refractivity contribution in [3.8, 4) is 0 Å². The average Bonchev–Trinajstić information content (AvgIpc) is 2.28. The number of rotatable bonds is 4. The highest BCUT2D eigenvalue weighted by molar-refractivity contribution is 5.84. The van der Waals surface area contributed by atoms with Crippen LogP contribution in [0.3, 0.4) is 0 Å². The van der Waals surface area contributed by atoms with Crippen LogP contribution in [-0.2, 0) is 11.0 Å². The van der Waals surface area contributed by atoms with E-state index in [4.69, 9.17) is 0 Å². The second-order valence-electron chi connectivity index (χ2n) is 3.84. The molecule has 0 spiro atoms. The molecule has 1 unspecified atom stereocenters. The number of hydrogen-bond acceptors (Lipinski definition) is 2. The summed E-state index contributed by atoms with van der Waals surface area (Å²) in [6, 6.07) is 4.07. The molecule has 6 heteroatoms. The third-order valence-corrected chi connectivity index (χ3v) is 2.34. The highest BCUT2D eigenvalue weighted by Gasteiger charge is 2.30. The van der Waals surface area contributed by atoms with Crippen LogP contribution in [0.1, 0.15) is 19.4 Å². The molecular formula is C12H15F3N2O. The molecule has 0 saturated carbocycles. The van der Waals surface area contributed by atoms with E-state index in [1.54, 1.807) is 13.8 Å². The molecule has 0 fully saturated rings. The van der Waals surface area contributed by atoms with E-state index in [9.17, 15) is 18.0 Å². The zero-order valence-electron chi connectivity index (χ0n) is 10.1. The highest BCUT2D eigenvalue weighted by atomic mass is 19.4. The monoisotopic (exact) mass is 260 g/mol. The summed E-state index contributed by atoms with van der Waals surface area (Å²) >= 11 is 0. The van der Waals surface area contributed by atoms with Crippen LogP contribution in [0, 0.1) is 0 Å². The largest absolute Gasteiger partial charge is 0.416 e. The maximum atomic E-state index is 12.3. The highest BCUT2D eigenvalue weighted by Crippen LogP contribution is 2.29. The van der Waals surface area contributed by atoms with Gasteiger partial charge in [0.2, 0.25) is 5.91 Å². The zero-order valence-corrected chi connectivity index (χ0v) is 10.1. The lowest BCUT2D eigenvalue weighted by Crippen LogP contribution is -2.37. The predicted octanol–water partition coefficient (Wildman–Crippen LogP) is 2.64. The van der Waals surface area contributed by atoms with Crippen molar-refractivity contribution >= 4 is 11.6 Å². The molecule has 1 rings (SSSR count). The summed E-state index contributed by atoms with van der Waals surface area (Å²) in [6.45, 7) is 3.95. The van der Waals surface area contributed by atoms with Gasteiger partial charge in [-0.15, -0.1) is 0 Å². The molecule has 0 saturated heterocycles. The van der Waals surface area contributed by atoms with Crippen molar-refractivity contribution in [1.82, 2.24) is 5.32 Å². The molecule has 0 aliphatic rings. The van der Waals surface area contributed by atoms with Crippen molar-refractivity contribution in [2.24, 2.45) is 0 Å². The van der Waals surface area contributed by atoms with Gasteiger partial charge < -0.3 is 10.6 Å². The van der Waals surface area contributed by atoms with E-state index in [1.165, 1.54) is 12.1 Å². The van der Waals surface area contributed by atoms with Gasteiger partial charge in [0.05, 0.1) is 5.56 Å². The Labute approximate surface area is 103 Å². The number of carbonyl (C=O) groups excluding carboxylic acids is 1. The molecule has 100 valence electrons. The van der Waals surface area contributed by atoms with Crippen LogP contribution in [0.2, 0.25) is 0 Å². The number of alkyl halides is 3. The van der Waals surface area contributed by atoms with Crippen LogP contribution in [0.5, 0.6) is 0 Å². The normalized spacial score (nSPS) is 12.9. The van der Waals surface area contributed by atoms with Gasteiger partial charge in [-0.1, -0.05) is 0 Å². The Morgan fingerprint density at radius 2 is 1.83 bits per heavy atom.